The second-order valence-corrected chi connectivity index (χ2v) is 8.37. The topological polar surface area (TPSA) is 58.6 Å². The Balaban J connectivity index is 2.32. The molecule has 0 saturated carbocycles. The van der Waals surface area contributed by atoms with E-state index in [0.29, 0.717) is 16.5 Å². The highest BCUT2D eigenvalue weighted by atomic mass is 35.5. The number of rotatable bonds is 10. The lowest BCUT2D eigenvalue weighted by molar-refractivity contribution is -0.141. The third kappa shape index (κ3) is 7.15. The lowest BCUT2D eigenvalue weighted by Gasteiger charge is -2.32. The molecule has 0 radical (unpaired) electrons. The molecule has 0 unspecified atom stereocenters. The number of ether oxygens (including phenoxy) is 1. The Morgan fingerprint density at radius 2 is 1.74 bits per heavy atom. The predicted molar refractivity (Wildman–Crippen MR) is 126 cm³/mol. The van der Waals surface area contributed by atoms with Gasteiger partial charge in [-0.3, -0.25) is 9.59 Å². The maximum Gasteiger partial charge on any atom is 0.243 e. The highest BCUT2D eigenvalue weighted by Crippen LogP contribution is 2.24. The number of hydrogen-bond donors (Lipinski definition) is 1. The van der Waals surface area contributed by atoms with Crippen molar-refractivity contribution in [1.29, 1.82) is 0 Å². The Bertz CT molecular complexity index is 887. The molecule has 2 atom stereocenters. The van der Waals surface area contributed by atoms with E-state index in [0.717, 1.165) is 23.3 Å². The maximum atomic E-state index is 13.4. The van der Waals surface area contributed by atoms with E-state index in [-0.39, 0.29) is 30.8 Å². The first-order chi connectivity index (χ1) is 14.8. The normalized spacial score (nSPS) is 12.7. The zero-order chi connectivity index (χ0) is 23.0. The smallest absolute Gasteiger partial charge is 0.243 e. The number of hydrogen-bond acceptors (Lipinski definition) is 3. The van der Waals surface area contributed by atoms with Crippen molar-refractivity contribution >= 4 is 35.0 Å². The number of halogens is 2. The highest BCUT2D eigenvalue weighted by Gasteiger charge is 2.29. The maximum absolute atomic E-state index is 13.4. The fourth-order valence-electron chi connectivity index (χ4n) is 3.21. The molecule has 0 aliphatic rings. The zero-order valence-electron chi connectivity index (χ0n) is 18.5. The average molecular weight is 465 g/mol. The first-order valence-electron chi connectivity index (χ1n) is 10.5. The number of nitrogens with zero attached hydrogens (tertiary/aromatic N) is 1. The summed E-state index contributed by atoms with van der Waals surface area (Å²) < 4.78 is 5.18. The SMILES string of the molecule is CC[C@H](C(=O)N[C@@H](C)CC)N(Cc1ccc(Cl)cc1Cl)C(=O)Cc1ccc(OC)cc1. The minimum atomic E-state index is -0.605. The van der Waals surface area contributed by atoms with Crippen LogP contribution in [0.1, 0.15) is 44.7 Å². The molecule has 2 aromatic carbocycles. The number of carbonyl (C=O) groups excluding carboxylic acids is 2. The van der Waals surface area contributed by atoms with Gasteiger partial charge in [-0.2, -0.15) is 0 Å². The van der Waals surface area contributed by atoms with Crippen LogP contribution in [0.4, 0.5) is 0 Å². The summed E-state index contributed by atoms with van der Waals surface area (Å²) in [5.74, 6) is 0.410. The Hall–Kier alpha value is -2.24. The van der Waals surface area contributed by atoms with Crippen molar-refractivity contribution in [3.05, 3.63) is 63.6 Å². The van der Waals surface area contributed by atoms with Gasteiger partial charge in [0.05, 0.1) is 13.5 Å². The average Bonchev–Trinajstić information content (AvgIpc) is 2.75. The molecule has 0 aliphatic heterocycles. The molecule has 168 valence electrons. The zero-order valence-corrected chi connectivity index (χ0v) is 20.0. The molecule has 7 heteroatoms. The molecule has 0 saturated heterocycles. The highest BCUT2D eigenvalue weighted by molar-refractivity contribution is 6.35. The molecule has 0 bridgehead atoms. The van der Waals surface area contributed by atoms with Gasteiger partial charge >= 0.3 is 0 Å². The summed E-state index contributed by atoms with van der Waals surface area (Å²) in [6, 6.07) is 11.9. The molecule has 0 spiro atoms. The minimum Gasteiger partial charge on any atom is -0.497 e. The lowest BCUT2D eigenvalue weighted by atomic mass is 10.1. The van der Waals surface area contributed by atoms with E-state index in [1.165, 1.54) is 0 Å². The van der Waals surface area contributed by atoms with Gasteiger partial charge in [0, 0.05) is 22.6 Å². The number of benzene rings is 2. The Morgan fingerprint density at radius 1 is 1.06 bits per heavy atom. The van der Waals surface area contributed by atoms with Gasteiger partial charge in [0.15, 0.2) is 0 Å². The Kier molecular flexibility index (Phi) is 9.66. The standard InChI is InChI=1S/C24H30Cl2N2O3/c1-5-16(3)27-24(30)22(6-2)28(15-18-9-10-19(25)14-21(18)26)23(29)13-17-7-11-20(31-4)12-8-17/h7-12,14,16,22H,5-6,13,15H2,1-4H3,(H,27,30)/t16-,22+/m0/s1. The van der Waals surface area contributed by atoms with Crippen LogP contribution in [0.5, 0.6) is 5.75 Å². The van der Waals surface area contributed by atoms with Crippen LogP contribution in [0, 0.1) is 0 Å². The van der Waals surface area contributed by atoms with Crippen LogP contribution < -0.4 is 10.1 Å². The van der Waals surface area contributed by atoms with E-state index in [9.17, 15) is 9.59 Å². The van der Waals surface area contributed by atoms with Crippen molar-refractivity contribution in [3.63, 3.8) is 0 Å². The van der Waals surface area contributed by atoms with E-state index in [1.807, 2.05) is 45.0 Å². The molecule has 2 rings (SSSR count). The van der Waals surface area contributed by atoms with Gasteiger partial charge in [0.25, 0.3) is 0 Å². The molecule has 0 aromatic heterocycles. The summed E-state index contributed by atoms with van der Waals surface area (Å²) in [5.41, 5.74) is 1.58. The van der Waals surface area contributed by atoms with Gasteiger partial charge in [0.1, 0.15) is 11.8 Å². The molecular weight excluding hydrogens is 435 g/mol. The van der Waals surface area contributed by atoms with Crippen molar-refractivity contribution in [1.82, 2.24) is 10.2 Å². The van der Waals surface area contributed by atoms with Crippen molar-refractivity contribution < 1.29 is 14.3 Å². The molecule has 2 aromatic rings. The van der Waals surface area contributed by atoms with Gasteiger partial charge in [-0.05, 0) is 55.2 Å². The molecule has 2 amide bonds. The van der Waals surface area contributed by atoms with Gasteiger partial charge in [-0.25, -0.2) is 0 Å². The molecular formula is C24H30Cl2N2O3. The molecule has 0 fully saturated rings. The second-order valence-electron chi connectivity index (χ2n) is 7.52. The number of methoxy groups -OCH3 is 1. The van der Waals surface area contributed by atoms with E-state index >= 15 is 0 Å². The quantitative estimate of drug-likeness (QED) is 0.520. The molecule has 0 aliphatic carbocycles. The van der Waals surface area contributed by atoms with Crippen LogP contribution in [0.3, 0.4) is 0 Å². The number of amides is 2. The summed E-state index contributed by atoms with van der Waals surface area (Å²) in [6.45, 7) is 6.07. The predicted octanol–water partition coefficient (Wildman–Crippen LogP) is 5.27. The van der Waals surface area contributed by atoms with Crippen molar-refractivity contribution in [3.8, 4) is 5.75 Å². The first kappa shape index (κ1) is 25.0. The monoisotopic (exact) mass is 464 g/mol. The van der Waals surface area contributed by atoms with Crippen molar-refractivity contribution in [2.24, 2.45) is 0 Å². The van der Waals surface area contributed by atoms with E-state index in [2.05, 4.69) is 5.32 Å². The van der Waals surface area contributed by atoms with E-state index in [4.69, 9.17) is 27.9 Å². The van der Waals surface area contributed by atoms with Gasteiger partial charge in [-0.1, -0.05) is 55.2 Å². The number of carbonyl (C=O) groups is 2. The molecule has 5 nitrogen and oxygen atoms in total. The minimum absolute atomic E-state index is 0.0270. The Morgan fingerprint density at radius 3 is 2.29 bits per heavy atom. The fraction of sp³-hybridized carbons (Fsp3) is 0.417. The molecule has 0 heterocycles. The lowest BCUT2D eigenvalue weighted by Crippen LogP contribution is -2.51. The van der Waals surface area contributed by atoms with Crippen LogP contribution >= 0.6 is 23.2 Å². The van der Waals surface area contributed by atoms with E-state index in [1.54, 1.807) is 30.2 Å². The summed E-state index contributed by atoms with van der Waals surface area (Å²) >= 11 is 12.4. The molecule has 31 heavy (non-hydrogen) atoms. The first-order valence-corrected chi connectivity index (χ1v) is 11.2. The Labute approximate surface area is 194 Å². The largest absolute Gasteiger partial charge is 0.497 e. The van der Waals surface area contributed by atoms with Gasteiger partial charge < -0.3 is 15.0 Å². The van der Waals surface area contributed by atoms with Gasteiger partial charge in [-0.15, -0.1) is 0 Å². The van der Waals surface area contributed by atoms with Crippen LogP contribution in [-0.2, 0) is 22.6 Å². The van der Waals surface area contributed by atoms with Crippen LogP contribution in [0.15, 0.2) is 42.5 Å². The van der Waals surface area contributed by atoms with Crippen LogP contribution in [0.2, 0.25) is 10.0 Å². The van der Waals surface area contributed by atoms with Crippen molar-refractivity contribution in [2.45, 2.75) is 58.7 Å². The second kappa shape index (κ2) is 12.0. The summed E-state index contributed by atoms with van der Waals surface area (Å²) in [4.78, 5) is 27.9. The summed E-state index contributed by atoms with van der Waals surface area (Å²) in [6.07, 6.45) is 1.47. The van der Waals surface area contributed by atoms with Crippen LogP contribution in [0.25, 0.3) is 0 Å². The summed E-state index contributed by atoms with van der Waals surface area (Å²) in [7, 11) is 1.60. The van der Waals surface area contributed by atoms with Crippen molar-refractivity contribution in [2.75, 3.05) is 7.11 Å². The fourth-order valence-corrected chi connectivity index (χ4v) is 3.68. The summed E-state index contributed by atoms with van der Waals surface area (Å²) in [5, 5.41) is 3.99. The van der Waals surface area contributed by atoms with Crippen LogP contribution in [-0.4, -0.2) is 35.9 Å². The van der Waals surface area contributed by atoms with E-state index < -0.39 is 6.04 Å². The third-order valence-electron chi connectivity index (χ3n) is 5.26. The number of nitrogens with one attached hydrogen (secondary N) is 1. The third-order valence-corrected chi connectivity index (χ3v) is 5.84. The molecule has 1 N–H and O–H groups in total. The van der Waals surface area contributed by atoms with Gasteiger partial charge in [0.2, 0.25) is 11.8 Å².